The molecule has 4 rings (SSSR count). The average molecular weight is 749 g/mol. The molecule has 3 aromatic carbocycles. The summed E-state index contributed by atoms with van der Waals surface area (Å²) in [6, 6.07) is 14.9. The Morgan fingerprint density at radius 1 is 0.796 bits per heavy atom. The molecule has 0 unspecified atom stereocenters. The molecule has 262 valence electrons. The summed E-state index contributed by atoms with van der Waals surface area (Å²) in [5.41, 5.74) is 0.977. The topological polar surface area (TPSA) is 113 Å². The third-order valence-electron chi connectivity index (χ3n) is 7.93. The average Bonchev–Trinajstić information content (AvgIpc) is 3.37. The predicted molar refractivity (Wildman–Crippen MR) is 203 cm³/mol. The molecule has 0 saturated heterocycles. The van der Waals surface area contributed by atoms with Crippen LogP contribution in [-0.2, 0) is 4.79 Å². The maximum absolute atomic E-state index is 13.7. The summed E-state index contributed by atoms with van der Waals surface area (Å²) in [7, 11) is 1.56. The van der Waals surface area contributed by atoms with Crippen molar-refractivity contribution in [3.8, 4) is 11.4 Å². The van der Waals surface area contributed by atoms with Crippen LogP contribution in [0.15, 0.2) is 69.6 Å². The Morgan fingerprint density at radius 2 is 1.41 bits per heavy atom. The maximum atomic E-state index is 13.7. The number of anilines is 3. The molecule has 0 aliphatic carbocycles. The van der Waals surface area contributed by atoms with Crippen LogP contribution in [0.25, 0.3) is 5.69 Å². The molecule has 4 aromatic rings. The van der Waals surface area contributed by atoms with E-state index in [1.807, 2.05) is 0 Å². The van der Waals surface area contributed by atoms with Crippen LogP contribution in [0, 0.1) is 0 Å². The lowest BCUT2D eigenvalue weighted by Crippen LogP contribution is -2.15. The highest BCUT2D eigenvalue weighted by molar-refractivity contribution is 6.40. The van der Waals surface area contributed by atoms with Crippen molar-refractivity contribution in [2.75, 3.05) is 17.7 Å². The third kappa shape index (κ3) is 11.5. The lowest BCUT2D eigenvalue weighted by atomic mass is 10.1. The van der Waals surface area contributed by atoms with Gasteiger partial charge < -0.3 is 15.4 Å². The summed E-state index contributed by atoms with van der Waals surface area (Å²) >= 11 is 25.6. The van der Waals surface area contributed by atoms with Crippen molar-refractivity contribution in [3.63, 3.8) is 0 Å². The Balaban J connectivity index is 1.45. The molecule has 1 aromatic heterocycles. The minimum Gasteiger partial charge on any atom is -0.497 e. The number of H-pyrrole nitrogens is 1. The van der Waals surface area contributed by atoms with Crippen molar-refractivity contribution in [2.45, 2.75) is 84.0 Å². The van der Waals surface area contributed by atoms with Crippen molar-refractivity contribution in [1.82, 2.24) is 9.78 Å². The number of nitrogens with zero attached hydrogens (tertiary/aromatic N) is 3. The molecule has 0 fully saturated rings. The molecule has 1 heterocycles. The largest absolute Gasteiger partial charge is 0.497 e. The highest BCUT2D eigenvalue weighted by atomic mass is 35.5. The number of azo groups is 1. The van der Waals surface area contributed by atoms with Crippen molar-refractivity contribution in [2.24, 2.45) is 10.2 Å². The van der Waals surface area contributed by atoms with E-state index >= 15 is 0 Å². The van der Waals surface area contributed by atoms with Gasteiger partial charge in [0.25, 0.3) is 0 Å². The molecular weight excluding hydrogens is 706 g/mol. The monoisotopic (exact) mass is 746 g/mol. The quantitative estimate of drug-likeness (QED) is 0.0654. The second-order valence-corrected chi connectivity index (χ2v) is 13.4. The standard InChI is InChI=1S/C36H42Cl4N6O3/c1-3-4-5-6-7-8-9-10-11-12-13-14-32(47)41-26-17-20-28(38)31(23-26)42-35-33(44-43-25-15-18-27(49-2)19-16-25)36(48)46(45-35)34-29(39)21-24(37)22-30(34)40/h15-23,42,45H,3-14H2,1-2H3,(H,41,47)/b44-43+. The number of amides is 1. The van der Waals surface area contributed by atoms with E-state index in [1.54, 1.807) is 49.6 Å². The van der Waals surface area contributed by atoms with Crippen molar-refractivity contribution in [3.05, 3.63) is 85.0 Å². The summed E-state index contributed by atoms with van der Waals surface area (Å²) < 4.78 is 6.35. The predicted octanol–water partition coefficient (Wildman–Crippen LogP) is 12.6. The molecule has 0 radical (unpaired) electrons. The second-order valence-electron chi connectivity index (χ2n) is 11.7. The van der Waals surface area contributed by atoms with Crippen molar-refractivity contribution < 1.29 is 9.53 Å². The number of carbonyl (C=O) groups is 1. The van der Waals surface area contributed by atoms with Gasteiger partial charge in [0, 0.05) is 17.1 Å². The number of nitrogens with one attached hydrogen (secondary N) is 3. The van der Waals surface area contributed by atoms with Crippen LogP contribution in [0.3, 0.4) is 0 Å². The van der Waals surface area contributed by atoms with Crippen LogP contribution in [0.1, 0.15) is 84.0 Å². The van der Waals surface area contributed by atoms with Crippen LogP contribution < -0.4 is 20.9 Å². The first kappa shape index (κ1) is 38.3. The number of methoxy groups -OCH3 is 1. The number of rotatable bonds is 19. The number of benzene rings is 3. The Bertz CT molecular complexity index is 1750. The molecular formula is C36H42Cl4N6O3. The number of carbonyl (C=O) groups excluding carboxylic acids is 1. The van der Waals surface area contributed by atoms with E-state index in [9.17, 15) is 9.59 Å². The van der Waals surface area contributed by atoms with E-state index in [2.05, 4.69) is 32.9 Å². The summed E-state index contributed by atoms with van der Waals surface area (Å²) in [4.78, 5) is 26.5. The number of aromatic nitrogens is 2. The Morgan fingerprint density at radius 3 is 2.02 bits per heavy atom. The zero-order chi connectivity index (χ0) is 35.2. The normalized spacial score (nSPS) is 11.3. The van der Waals surface area contributed by atoms with E-state index in [-0.39, 0.29) is 33.1 Å². The van der Waals surface area contributed by atoms with Gasteiger partial charge >= 0.3 is 5.56 Å². The molecule has 0 saturated carbocycles. The molecule has 0 aliphatic rings. The zero-order valence-electron chi connectivity index (χ0n) is 27.8. The fraction of sp³-hybridized carbons (Fsp3) is 0.389. The highest BCUT2D eigenvalue weighted by Gasteiger charge is 2.21. The van der Waals surface area contributed by atoms with E-state index in [0.29, 0.717) is 39.3 Å². The smallest absolute Gasteiger partial charge is 0.301 e. The number of aromatic amines is 1. The molecule has 0 atom stereocenters. The molecule has 13 heteroatoms. The Labute approximate surface area is 307 Å². The molecule has 1 amide bonds. The van der Waals surface area contributed by atoms with Gasteiger partial charge in [-0.05, 0) is 61.0 Å². The molecule has 0 spiro atoms. The van der Waals surface area contributed by atoms with Gasteiger partial charge in [-0.3, -0.25) is 14.7 Å². The van der Waals surface area contributed by atoms with Gasteiger partial charge in [0.15, 0.2) is 11.5 Å². The second kappa shape index (κ2) is 19.6. The van der Waals surface area contributed by atoms with Crippen LogP contribution >= 0.6 is 46.4 Å². The van der Waals surface area contributed by atoms with Crippen LogP contribution in [-0.4, -0.2) is 22.8 Å². The molecule has 0 bridgehead atoms. The van der Waals surface area contributed by atoms with Crippen molar-refractivity contribution >= 4 is 80.9 Å². The van der Waals surface area contributed by atoms with E-state index in [0.717, 1.165) is 23.9 Å². The lowest BCUT2D eigenvalue weighted by molar-refractivity contribution is -0.116. The van der Waals surface area contributed by atoms with Crippen LogP contribution in [0.2, 0.25) is 20.1 Å². The molecule has 3 N–H and O–H groups in total. The van der Waals surface area contributed by atoms with Crippen LogP contribution in [0.5, 0.6) is 5.75 Å². The number of ether oxygens (including phenoxy) is 1. The molecule has 49 heavy (non-hydrogen) atoms. The summed E-state index contributed by atoms with van der Waals surface area (Å²) in [5, 5.41) is 18.5. The first-order valence-corrected chi connectivity index (χ1v) is 18.1. The minimum absolute atomic E-state index is 0.0695. The SMILES string of the molecule is CCCCCCCCCCCCCC(=O)Nc1ccc(Cl)c(Nc2[nH]n(-c3c(Cl)cc(Cl)cc3Cl)c(=O)c2/N=N/c2ccc(OC)cc2)c1. The van der Waals surface area contributed by atoms with Gasteiger partial charge in [0.2, 0.25) is 5.91 Å². The summed E-state index contributed by atoms with van der Waals surface area (Å²) in [6.45, 7) is 2.24. The number of unbranched alkanes of at least 4 members (excludes halogenated alkanes) is 10. The number of halogens is 4. The van der Waals surface area contributed by atoms with E-state index in [1.165, 1.54) is 63.5 Å². The third-order valence-corrected chi connectivity index (χ3v) is 9.05. The first-order chi connectivity index (χ1) is 23.7. The van der Waals surface area contributed by atoms with E-state index < -0.39 is 5.56 Å². The van der Waals surface area contributed by atoms with Gasteiger partial charge in [0.1, 0.15) is 11.4 Å². The summed E-state index contributed by atoms with van der Waals surface area (Å²) in [6.07, 6.45) is 13.8. The highest BCUT2D eigenvalue weighted by Crippen LogP contribution is 2.35. The van der Waals surface area contributed by atoms with Crippen molar-refractivity contribution in [1.29, 1.82) is 0 Å². The fourth-order valence-corrected chi connectivity index (χ4v) is 6.43. The molecule has 9 nitrogen and oxygen atoms in total. The summed E-state index contributed by atoms with van der Waals surface area (Å²) in [5.74, 6) is 0.734. The molecule has 0 aliphatic heterocycles. The zero-order valence-corrected chi connectivity index (χ0v) is 30.8. The van der Waals surface area contributed by atoms with Crippen LogP contribution in [0.4, 0.5) is 28.6 Å². The first-order valence-electron chi connectivity index (χ1n) is 16.6. The maximum Gasteiger partial charge on any atom is 0.301 e. The Hall–Kier alpha value is -3.50. The minimum atomic E-state index is -0.585. The number of hydrogen-bond donors (Lipinski definition) is 3. The van der Waals surface area contributed by atoms with E-state index in [4.69, 9.17) is 51.1 Å². The lowest BCUT2D eigenvalue weighted by Gasteiger charge is -2.11. The van der Waals surface area contributed by atoms with Gasteiger partial charge in [0.05, 0.1) is 33.6 Å². The van der Waals surface area contributed by atoms with Gasteiger partial charge in [-0.2, -0.15) is 5.11 Å². The fourth-order valence-electron chi connectivity index (χ4n) is 5.28. The number of hydrogen-bond acceptors (Lipinski definition) is 6. The van der Waals surface area contributed by atoms with Gasteiger partial charge in [-0.25, -0.2) is 4.68 Å². The Kier molecular flexibility index (Phi) is 15.3. The van der Waals surface area contributed by atoms with Gasteiger partial charge in [-0.1, -0.05) is 118 Å². The van der Waals surface area contributed by atoms with Gasteiger partial charge in [-0.15, -0.1) is 5.11 Å².